The van der Waals surface area contributed by atoms with Crippen molar-refractivity contribution in [2.45, 2.75) is 13.0 Å². The molecule has 5 heterocycles. The van der Waals surface area contributed by atoms with Gasteiger partial charge in [0.2, 0.25) is 0 Å². The predicted octanol–water partition coefficient (Wildman–Crippen LogP) is 1.65. The Labute approximate surface area is 142 Å². The van der Waals surface area contributed by atoms with Crippen LogP contribution in [0.15, 0.2) is 43.0 Å². The molecule has 0 saturated heterocycles. The Hall–Kier alpha value is -3.42. The molecule has 25 heavy (non-hydrogen) atoms. The zero-order valence-corrected chi connectivity index (χ0v) is 13.3. The predicted molar refractivity (Wildman–Crippen MR) is 89.8 cm³/mol. The molecule has 0 saturated carbocycles. The Bertz CT molecular complexity index is 1030. The van der Waals surface area contributed by atoms with E-state index in [-0.39, 0.29) is 5.91 Å². The molecule has 0 unspecified atom stereocenters. The van der Waals surface area contributed by atoms with E-state index in [1.807, 2.05) is 28.8 Å². The van der Waals surface area contributed by atoms with Gasteiger partial charge in [-0.2, -0.15) is 5.10 Å². The normalized spacial score (nSPS) is 14.0. The van der Waals surface area contributed by atoms with E-state index in [1.54, 1.807) is 23.5 Å². The molecule has 0 atom stereocenters. The summed E-state index contributed by atoms with van der Waals surface area (Å²) < 4.78 is 1.86. The maximum Gasteiger partial charge on any atom is 0.274 e. The molecule has 1 amide bonds. The Morgan fingerprint density at radius 2 is 2.20 bits per heavy atom. The molecule has 2 N–H and O–H groups in total. The van der Waals surface area contributed by atoms with Crippen molar-refractivity contribution in [1.29, 1.82) is 0 Å². The standard InChI is InChI=1S/C17H15N7O/c25-17(14-10-23-5-2-1-3-15(23)20-14)24-6-4-12-13(9-24)22-16(21-12)11-7-18-19-8-11/h1-3,5,7-8,10H,4,6,9H2,(H,18,19)(H,21,22). The van der Waals surface area contributed by atoms with Crippen LogP contribution in [0.25, 0.3) is 17.0 Å². The number of nitrogens with one attached hydrogen (secondary N) is 2. The Morgan fingerprint density at radius 1 is 1.24 bits per heavy atom. The van der Waals surface area contributed by atoms with Crippen molar-refractivity contribution in [1.82, 2.24) is 34.4 Å². The minimum atomic E-state index is -0.0613. The lowest BCUT2D eigenvalue weighted by atomic mass is 10.1. The van der Waals surface area contributed by atoms with E-state index in [9.17, 15) is 4.79 Å². The lowest BCUT2D eigenvalue weighted by molar-refractivity contribution is 0.0726. The third-order valence-electron chi connectivity index (χ3n) is 4.47. The number of aromatic amines is 2. The van der Waals surface area contributed by atoms with Crippen LogP contribution in [0.4, 0.5) is 0 Å². The van der Waals surface area contributed by atoms with Crippen LogP contribution >= 0.6 is 0 Å². The van der Waals surface area contributed by atoms with E-state index < -0.39 is 0 Å². The third-order valence-corrected chi connectivity index (χ3v) is 4.47. The number of carbonyl (C=O) groups excluding carboxylic acids is 1. The van der Waals surface area contributed by atoms with Crippen LogP contribution in [0.3, 0.4) is 0 Å². The largest absolute Gasteiger partial charge is 0.340 e. The van der Waals surface area contributed by atoms with E-state index in [0.29, 0.717) is 18.8 Å². The topological polar surface area (TPSA) is 95.0 Å². The molecule has 0 radical (unpaired) electrons. The van der Waals surface area contributed by atoms with Crippen LogP contribution in [0.2, 0.25) is 0 Å². The molecule has 4 aromatic rings. The number of H-pyrrole nitrogens is 2. The second-order valence-corrected chi connectivity index (χ2v) is 6.07. The van der Waals surface area contributed by atoms with Crippen molar-refractivity contribution in [3.63, 3.8) is 0 Å². The van der Waals surface area contributed by atoms with Crippen molar-refractivity contribution in [3.05, 3.63) is 60.1 Å². The minimum Gasteiger partial charge on any atom is -0.340 e. The van der Waals surface area contributed by atoms with Gasteiger partial charge in [-0.1, -0.05) is 6.07 Å². The summed E-state index contributed by atoms with van der Waals surface area (Å²) >= 11 is 0. The first-order valence-corrected chi connectivity index (χ1v) is 8.08. The molecule has 0 bridgehead atoms. The molecule has 8 heteroatoms. The molecule has 8 nitrogen and oxygen atoms in total. The van der Waals surface area contributed by atoms with E-state index in [2.05, 4.69) is 25.1 Å². The van der Waals surface area contributed by atoms with Crippen molar-refractivity contribution < 1.29 is 4.79 Å². The Balaban J connectivity index is 1.42. The van der Waals surface area contributed by atoms with Crippen molar-refractivity contribution in [2.24, 2.45) is 0 Å². The number of pyridine rings is 1. The zero-order chi connectivity index (χ0) is 16.8. The van der Waals surface area contributed by atoms with Crippen LogP contribution in [-0.2, 0) is 13.0 Å². The third kappa shape index (κ3) is 2.30. The van der Waals surface area contributed by atoms with Crippen molar-refractivity contribution >= 4 is 11.6 Å². The van der Waals surface area contributed by atoms with E-state index >= 15 is 0 Å². The van der Waals surface area contributed by atoms with Crippen LogP contribution in [0.5, 0.6) is 0 Å². The van der Waals surface area contributed by atoms with E-state index in [1.165, 1.54) is 0 Å². The summed E-state index contributed by atoms with van der Waals surface area (Å²) in [5.74, 6) is 0.717. The van der Waals surface area contributed by atoms with Gasteiger partial charge < -0.3 is 14.3 Å². The quantitative estimate of drug-likeness (QED) is 0.583. The van der Waals surface area contributed by atoms with Gasteiger partial charge in [-0.15, -0.1) is 0 Å². The molecule has 124 valence electrons. The van der Waals surface area contributed by atoms with Crippen molar-refractivity contribution in [2.75, 3.05) is 6.54 Å². The first-order valence-electron chi connectivity index (χ1n) is 8.08. The summed E-state index contributed by atoms with van der Waals surface area (Å²) in [6, 6.07) is 5.71. The molecule has 0 aromatic carbocycles. The van der Waals surface area contributed by atoms with Gasteiger partial charge in [0.25, 0.3) is 5.91 Å². The zero-order valence-electron chi connectivity index (χ0n) is 13.3. The van der Waals surface area contributed by atoms with Gasteiger partial charge in [0.15, 0.2) is 0 Å². The first-order chi connectivity index (χ1) is 12.3. The average molecular weight is 333 g/mol. The highest BCUT2D eigenvalue weighted by Crippen LogP contribution is 2.23. The Morgan fingerprint density at radius 3 is 3.04 bits per heavy atom. The lowest BCUT2D eigenvalue weighted by Gasteiger charge is -2.25. The second-order valence-electron chi connectivity index (χ2n) is 6.07. The number of hydrogen-bond acceptors (Lipinski definition) is 4. The molecule has 1 aliphatic rings. The van der Waals surface area contributed by atoms with E-state index in [4.69, 9.17) is 0 Å². The van der Waals surface area contributed by atoms with Crippen LogP contribution in [0.1, 0.15) is 21.9 Å². The van der Waals surface area contributed by atoms with Gasteiger partial charge in [-0.05, 0) is 12.1 Å². The molecular formula is C17H15N7O. The highest BCUT2D eigenvalue weighted by atomic mass is 16.2. The molecule has 0 fully saturated rings. The number of amides is 1. The van der Waals surface area contributed by atoms with Crippen LogP contribution in [0, 0.1) is 0 Å². The molecule has 0 spiro atoms. The second kappa shape index (κ2) is 5.30. The summed E-state index contributed by atoms with van der Waals surface area (Å²) in [5.41, 5.74) is 4.12. The maximum absolute atomic E-state index is 12.8. The summed E-state index contributed by atoms with van der Waals surface area (Å²) in [4.78, 5) is 27.0. The minimum absolute atomic E-state index is 0.0613. The number of nitrogens with zero attached hydrogens (tertiary/aromatic N) is 5. The van der Waals surface area contributed by atoms with Gasteiger partial charge in [0.05, 0.1) is 29.7 Å². The summed E-state index contributed by atoms with van der Waals surface area (Å²) in [6.07, 6.45) is 7.91. The van der Waals surface area contributed by atoms with E-state index in [0.717, 1.165) is 34.8 Å². The number of carbonyl (C=O) groups is 1. The molecule has 5 rings (SSSR count). The smallest absolute Gasteiger partial charge is 0.274 e. The van der Waals surface area contributed by atoms with Gasteiger partial charge in [-0.3, -0.25) is 9.89 Å². The summed E-state index contributed by atoms with van der Waals surface area (Å²) in [7, 11) is 0. The number of aromatic nitrogens is 6. The van der Waals surface area contributed by atoms with Gasteiger partial charge >= 0.3 is 0 Å². The highest BCUT2D eigenvalue weighted by Gasteiger charge is 2.26. The van der Waals surface area contributed by atoms with Gasteiger partial charge in [0.1, 0.15) is 17.2 Å². The number of fused-ring (bicyclic) bond motifs is 2. The molecular weight excluding hydrogens is 318 g/mol. The fourth-order valence-corrected chi connectivity index (χ4v) is 3.18. The Kier molecular flexibility index (Phi) is 2.96. The lowest BCUT2D eigenvalue weighted by Crippen LogP contribution is -2.36. The molecule has 1 aliphatic heterocycles. The molecule has 4 aromatic heterocycles. The van der Waals surface area contributed by atoms with Crippen LogP contribution in [-0.4, -0.2) is 46.9 Å². The van der Waals surface area contributed by atoms with Gasteiger partial charge in [0, 0.05) is 31.6 Å². The van der Waals surface area contributed by atoms with Crippen LogP contribution < -0.4 is 0 Å². The van der Waals surface area contributed by atoms with Gasteiger partial charge in [-0.25, -0.2) is 9.97 Å². The monoisotopic (exact) mass is 333 g/mol. The number of rotatable bonds is 2. The summed E-state index contributed by atoms with van der Waals surface area (Å²) in [6.45, 7) is 1.14. The average Bonchev–Trinajstić information content (AvgIpc) is 3.38. The first kappa shape index (κ1) is 14.0. The SMILES string of the molecule is O=C(c1cn2ccccc2n1)N1CCc2nc(-c3cn[nH]c3)[nH]c2C1. The highest BCUT2D eigenvalue weighted by molar-refractivity contribution is 5.93. The van der Waals surface area contributed by atoms with Crippen molar-refractivity contribution in [3.8, 4) is 11.4 Å². The maximum atomic E-state index is 12.8. The number of imidazole rings is 2. The molecule has 0 aliphatic carbocycles. The summed E-state index contributed by atoms with van der Waals surface area (Å²) in [5, 5.41) is 6.73. The number of hydrogen-bond donors (Lipinski definition) is 2. The fraction of sp³-hybridized carbons (Fsp3) is 0.176. The fourth-order valence-electron chi connectivity index (χ4n) is 3.18.